The normalized spacial score (nSPS) is 18.3. The molecule has 7 heteroatoms. The lowest BCUT2D eigenvalue weighted by atomic mass is 10.1. The number of nitrogens with one attached hydrogen (secondary N) is 1. The van der Waals surface area contributed by atoms with Crippen molar-refractivity contribution in [3.63, 3.8) is 0 Å². The summed E-state index contributed by atoms with van der Waals surface area (Å²) in [5.74, 6) is 0.813. The van der Waals surface area contributed by atoms with E-state index in [1.807, 2.05) is 18.2 Å². The molecule has 1 fully saturated rings. The standard InChI is InChI=1S/C15H17N5O2/c21-20(22)14-4-2-1-3-12(14)9-19-8-6-13(10-19)18-15-5-7-16-11-17-15/h1-5,7,11,13H,6,8-10H2,(H,16,17,18). The van der Waals surface area contributed by atoms with Gasteiger partial charge in [-0.3, -0.25) is 15.0 Å². The fourth-order valence-electron chi connectivity index (χ4n) is 2.74. The summed E-state index contributed by atoms with van der Waals surface area (Å²) in [5.41, 5.74) is 0.949. The molecule has 1 unspecified atom stereocenters. The lowest BCUT2D eigenvalue weighted by Crippen LogP contribution is -2.26. The fraction of sp³-hybridized carbons (Fsp3) is 0.333. The first-order valence-corrected chi connectivity index (χ1v) is 7.19. The van der Waals surface area contributed by atoms with Gasteiger partial charge in [0.05, 0.1) is 4.92 Å². The highest BCUT2D eigenvalue weighted by Crippen LogP contribution is 2.22. The third-order valence-corrected chi connectivity index (χ3v) is 3.79. The first-order valence-electron chi connectivity index (χ1n) is 7.19. The van der Waals surface area contributed by atoms with Crippen molar-refractivity contribution in [3.05, 3.63) is 58.5 Å². The van der Waals surface area contributed by atoms with E-state index in [4.69, 9.17) is 0 Å². The maximum absolute atomic E-state index is 11.1. The smallest absolute Gasteiger partial charge is 0.273 e. The Morgan fingerprint density at radius 1 is 1.36 bits per heavy atom. The Labute approximate surface area is 128 Å². The molecule has 0 amide bonds. The van der Waals surface area contributed by atoms with Gasteiger partial charge in [0.15, 0.2) is 0 Å². The number of hydrogen-bond donors (Lipinski definition) is 1. The van der Waals surface area contributed by atoms with Crippen molar-refractivity contribution >= 4 is 11.5 Å². The summed E-state index contributed by atoms with van der Waals surface area (Å²) in [4.78, 5) is 21.0. The summed E-state index contributed by atoms with van der Waals surface area (Å²) in [6.45, 7) is 2.35. The number of rotatable bonds is 5. The van der Waals surface area contributed by atoms with Gasteiger partial charge < -0.3 is 5.32 Å². The molecule has 1 aromatic heterocycles. The molecule has 1 saturated heterocycles. The number of para-hydroxylation sites is 1. The van der Waals surface area contributed by atoms with Crippen LogP contribution in [0.2, 0.25) is 0 Å². The maximum Gasteiger partial charge on any atom is 0.273 e. The Kier molecular flexibility index (Phi) is 4.24. The number of hydrogen-bond acceptors (Lipinski definition) is 6. The number of aromatic nitrogens is 2. The van der Waals surface area contributed by atoms with Gasteiger partial charge in [0.1, 0.15) is 12.1 Å². The largest absolute Gasteiger partial charge is 0.366 e. The Balaban J connectivity index is 1.61. The average molecular weight is 299 g/mol. The van der Waals surface area contributed by atoms with E-state index in [-0.39, 0.29) is 10.6 Å². The molecule has 1 atom stereocenters. The minimum absolute atomic E-state index is 0.190. The molecule has 7 nitrogen and oxygen atoms in total. The number of nitro groups is 1. The summed E-state index contributed by atoms with van der Waals surface area (Å²) in [7, 11) is 0. The van der Waals surface area contributed by atoms with Gasteiger partial charge in [-0.25, -0.2) is 9.97 Å². The number of anilines is 1. The third kappa shape index (κ3) is 3.37. The van der Waals surface area contributed by atoms with Crippen molar-refractivity contribution in [1.82, 2.24) is 14.9 Å². The minimum Gasteiger partial charge on any atom is -0.366 e. The molecule has 1 N–H and O–H groups in total. The molecule has 0 bridgehead atoms. The second-order valence-corrected chi connectivity index (χ2v) is 5.35. The molecule has 0 radical (unpaired) electrons. The number of likely N-dealkylation sites (tertiary alicyclic amines) is 1. The van der Waals surface area contributed by atoms with E-state index in [1.54, 1.807) is 18.3 Å². The van der Waals surface area contributed by atoms with Gasteiger partial charge in [0.2, 0.25) is 0 Å². The van der Waals surface area contributed by atoms with Crippen LogP contribution in [0, 0.1) is 10.1 Å². The van der Waals surface area contributed by atoms with Crippen molar-refractivity contribution in [1.29, 1.82) is 0 Å². The van der Waals surface area contributed by atoms with Crippen LogP contribution in [0.15, 0.2) is 42.9 Å². The van der Waals surface area contributed by atoms with Crippen LogP contribution in [0.5, 0.6) is 0 Å². The highest BCUT2D eigenvalue weighted by atomic mass is 16.6. The van der Waals surface area contributed by atoms with Crippen molar-refractivity contribution in [3.8, 4) is 0 Å². The van der Waals surface area contributed by atoms with Crippen LogP contribution in [0.1, 0.15) is 12.0 Å². The van der Waals surface area contributed by atoms with Crippen LogP contribution in [-0.4, -0.2) is 38.9 Å². The monoisotopic (exact) mass is 299 g/mol. The summed E-state index contributed by atoms with van der Waals surface area (Å²) >= 11 is 0. The SMILES string of the molecule is O=[N+]([O-])c1ccccc1CN1CCC(Nc2ccncn2)C1. The third-order valence-electron chi connectivity index (χ3n) is 3.79. The lowest BCUT2D eigenvalue weighted by Gasteiger charge is -2.17. The summed E-state index contributed by atoms with van der Waals surface area (Å²) in [6, 6.07) is 9.06. The average Bonchev–Trinajstić information content (AvgIpc) is 2.96. The van der Waals surface area contributed by atoms with E-state index >= 15 is 0 Å². The van der Waals surface area contributed by atoms with Crippen LogP contribution in [0.3, 0.4) is 0 Å². The number of nitro benzene ring substituents is 1. The zero-order valence-electron chi connectivity index (χ0n) is 12.1. The first-order chi connectivity index (χ1) is 10.7. The van der Waals surface area contributed by atoms with Crippen LogP contribution in [0.25, 0.3) is 0 Å². The van der Waals surface area contributed by atoms with Gasteiger partial charge in [-0.1, -0.05) is 18.2 Å². The van der Waals surface area contributed by atoms with Gasteiger partial charge in [-0.05, 0) is 12.5 Å². The summed E-state index contributed by atoms with van der Waals surface area (Å²) in [5, 5.41) is 14.4. The Morgan fingerprint density at radius 2 is 2.23 bits per heavy atom. The molecule has 114 valence electrons. The summed E-state index contributed by atoms with van der Waals surface area (Å²) < 4.78 is 0. The maximum atomic E-state index is 11.1. The first kappa shape index (κ1) is 14.4. The van der Waals surface area contributed by atoms with Crippen molar-refractivity contribution in [2.45, 2.75) is 19.0 Å². The second-order valence-electron chi connectivity index (χ2n) is 5.35. The molecule has 0 spiro atoms. The molecular formula is C15H17N5O2. The van der Waals surface area contributed by atoms with E-state index in [0.29, 0.717) is 12.6 Å². The zero-order valence-corrected chi connectivity index (χ0v) is 12.1. The zero-order chi connectivity index (χ0) is 15.4. The number of benzene rings is 1. The quantitative estimate of drug-likeness (QED) is 0.672. The van der Waals surface area contributed by atoms with E-state index in [2.05, 4.69) is 20.2 Å². The van der Waals surface area contributed by atoms with Crippen LogP contribution >= 0.6 is 0 Å². The van der Waals surface area contributed by atoms with Crippen molar-refractivity contribution in [2.75, 3.05) is 18.4 Å². The summed E-state index contributed by atoms with van der Waals surface area (Å²) in [6.07, 6.45) is 4.21. The molecule has 22 heavy (non-hydrogen) atoms. The molecule has 1 aliphatic heterocycles. The molecule has 2 aromatic rings. The second kappa shape index (κ2) is 6.48. The lowest BCUT2D eigenvalue weighted by molar-refractivity contribution is -0.385. The molecule has 3 rings (SSSR count). The Bertz CT molecular complexity index is 649. The number of nitrogens with zero attached hydrogens (tertiary/aromatic N) is 4. The Morgan fingerprint density at radius 3 is 3.00 bits per heavy atom. The van der Waals surface area contributed by atoms with E-state index in [9.17, 15) is 10.1 Å². The van der Waals surface area contributed by atoms with Crippen molar-refractivity contribution in [2.24, 2.45) is 0 Å². The highest BCUT2D eigenvalue weighted by Gasteiger charge is 2.24. The molecule has 1 aliphatic rings. The topological polar surface area (TPSA) is 84.2 Å². The molecule has 0 saturated carbocycles. The predicted octanol–water partition coefficient (Wildman–Crippen LogP) is 2.07. The molecule has 0 aliphatic carbocycles. The van der Waals surface area contributed by atoms with Gasteiger partial charge in [0.25, 0.3) is 5.69 Å². The van der Waals surface area contributed by atoms with Crippen LogP contribution < -0.4 is 5.32 Å². The van der Waals surface area contributed by atoms with Crippen LogP contribution in [-0.2, 0) is 6.54 Å². The molecule has 1 aromatic carbocycles. The van der Waals surface area contributed by atoms with E-state index < -0.39 is 0 Å². The predicted molar refractivity (Wildman–Crippen MR) is 82.4 cm³/mol. The highest BCUT2D eigenvalue weighted by molar-refractivity contribution is 5.40. The van der Waals surface area contributed by atoms with Gasteiger partial charge in [-0.15, -0.1) is 0 Å². The minimum atomic E-state index is -0.317. The van der Waals surface area contributed by atoms with Gasteiger partial charge >= 0.3 is 0 Å². The van der Waals surface area contributed by atoms with Crippen LogP contribution in [0.4, 0.5) is 11.5 Å². The van der Waals surface area contributed by atoms with Gasteiger partial charge in [0, 0.05) is 43.5 Å². The van der Waals surface area contributed by atoms with E-state index in [1.165, 1.54) is 6.33 Å². The van der Waals surface area contributed by atoms with Gasteiger partial charge in [-0.2, -0.15) is 0 Å². The Hall–Kier alpha value is -2.54. The fourth-order valence-corrected chi connectivity index (χ4v) is 2.74. The molecule has 2 heterocycles. The molecular weight excluding hydrogens is 282 g/mol. The van der Waals surface area contributed by atoms with Crippen molar-refractivity contribution < 1.29 is 4.92 Å². The van der Waals surface area contributed by atoms with E-state index in [0.717, 1.165) is 30.9 Å².